The highest BCUT2D eigenvalue weighted by atomic mass is 16.7. The molecule has 0 N–H and O–H groups in total. The Morgan fingerprint density at radius 3 is 2.38 bits per heavy atom. The normalized spacial score (nSPS) is 17.7. The second kappa shape index (κ2) is 6.97. The van der Waals surface area contributed by atoms with Crippen molar-refractivity contribution in [3.63, 3.8) is 0 Å². The van der Waals surface area contributed by atoms with Gasteiger partial charge in [-0.25, -0.2) is 4.57 Å². The van der Waals surface area contributed by atoms with E-state index in [1.807, 2.05) is 12.1 Å². The number of aryl methyl sites for hydroxylation is 3. The number of hydrogen-bond acceptors (Lipinski definition) is 2. The third-order valence-electron chi connectivity index (χ3n) is 7.33. The lowest BCUT2D eigenvalue weighted by atomic mass is 9.90. The summed E-state index contributed by atoms with van der Waals surface area (Å²) in [5, 5.41) is 0. The minimum atomic E-state index is -0.324. The van der Waals surface area contributed by atoms with E-state index < -0.39 is 0 Å². The molecule has 0 bridgehead atoms. The first-order valence-electron chi connectivity index (χ1n) is 11.7. The molecule has 166 valence electrons. The Hall–Kier alpha value is -4.05. The number of para-hydroxylation sites is 4. The van der Waals surface area contributed by atoms with Crippen molar-refractivity contribution in [2.45, 2.75) is 26.1 Å². The average molecular weight is 446 g/mol. The van der Waals surface area contributed by atoms with Crippen LogP contribution in [-0.2, 0) is 7.05 Å². The van der Waals surface area contributed by atoms with Crippen molar-refractivity contribution < 1.29 is 14.0 Å². The summed E-state index contributed by atoms with van der Waals surface area (Å²) in [5.41, 5.74) is 9.44. The van der Waals surface area contributed by atoms with E-state index in [-0.39, 0.29) is 12.2 Å². The molecule has 2 aliphatic rings. The lowest BCUT2D eigenvalue weighted by Crippen LogP contribution is -2.30. The van der Waals surface area contributed by atoms with E-state index in [0.717, 1.165) is 22.9 Å². The lowest BCUT2D eigenvalue weighted by Gasteiger charge is -2.14. The highest BCUT2D eigenvalue weighted by molar-refractivity contribution is 5.83. The number of fused-ring (bicyclic) bond motifs is 6. The number of imidazole rings is 1. The Morgan fingerprint density at radius 1 is 0.735 bits per heavy atom. The summed E-state index contributed by atoms with van der Waals surface area (Å²) in [4.78, 5) is 0. The van der Waals surface area contributed by atoms with Crippen LogP contribution in [0.4, 0.5) is 0 Å². The van der Waals surface area contributed by atoms with Gasteiger partial charge in [0.05, 0.1) is 13.0 Å². The quantitative estimate of drug-likeness (QED) is 0.313. The van der Waals surface area contributed by atoms with E-state index >= 15 is 0 Å². The van der Waals surface area contributed by atoms with Gasteiger partial charge >= 0.3 is 0 Å². The fourth-order valence-electron chi connectivity index (χ4n) is 5.71. The van der Waals surface area contributed by atoms with Gasteiger partial charge in [-0.3, -0.25) is 0 Å². The van der Waals surface area contributed by atoms with Gasteiger partial charge in [0, 0.05) is 11.1 Å². The summed E-state index contributed by atoms with van der Waals surface area (Å²) in [5.74, 6) is 3.05. The molecule has 4 heteroatoms. The largest absolute Gasteiger partial charge is 0.454 e. The molecular formula is C30H25N2O2+. The first-order valence-corrected chi connectivity index (χ1v) is 11.7. The second-order valence-electron chi connectivity index (χ2n) is 9.29. The maximum absolute atomic E-state index is 6.60. The van der Waals surface area contributed by atoms with Crippen molar-refractivity contribution in [2.24, 2.45) is 7.05 Å². The number of ether oxygens (including phenoxy) is 2. The fourth-order valence-corrected chi connectivity index (χ4v) is 5.71. The van der Waals surface area contributed by atoms with Crippen LogP contribution in [0, 0.1) is 13.8 Å². The van der Waals surface area contributed by atoms with E-state index in [0.29, 0.717) is 0 Å². The highest BCUT2D eigenvalue weighted by Gasteiger charge is 2.46. The van der Waals surface area contributed by atoms with Crippen LogP contribution in [0.1, 0.15) is 28.2 Å². The van der Waals surface area contributed by atoms with Gasteiger partial charge in [0.2, 0.25) is 0 Å². The maximum Gasteiger partial charge on any atom is 0.298 e. The molecule has 0 spiro atoms. The van der Waals surface area contributed by atoms with Crippen molar-refractivity contribution in [3.05, 3.63) is 107 Å². The van der Waals surface area contributed by atoms with Crippen LogP contribution in [0.15, 0.2) is 84.9 Å². The van der Waals surface area contributed by atoms with Crippen LogP contribution in [0.3, 0.4) is 0 Å². The summed E-state index contributed by atoms with van der Waals surface area (Å²) in [6.45, 7) is 4.34. The van der Waals surface area contributed by atoms with Gasteiger partial charge in [0.15, 0.2) is 11.0 Å². The molecular weight excluding hydrogens is 420 g/mol. The van der Waals surface area contributed by atoms with Gasteiger partial charge in [0.25, 0.3) is 12.1 Å². The fraction of sp³-hybridized carbons (Fsp3) is 0.167. The summed E-state index contributed by atoms with van der Waals surface area (Å²) in [7, 11) is 2.15. The van der Waals surface area contributed by atoms with Crippen LogP contribution in [0.25, 0.3) is 28.1 Å². The van der Waals surface area contributed by atoms with Gasteiger partial charge in [-0.1, -0.05) is 60.7 Å². The topological polar surface area (TPSA) is 27.3 Å². The van der Waals surface area contributed by atoms with E-state index in [4.69, 9.17) is 9.47 Å². The van der Waals surface area contributed by atoms with Crippen molar-refractivity contribution in [2.75, 3.05) is 0 Å². The van der Waals surface area contributed by atoms with Crippen molar-refractivity contribution >= 4 is 11.0 Å². The first kappa shape index (κ1) is 19.4. The Labute approximate surface area is 198 Å². The minimum Gasteiger partial charge on any atom is -0.454 e. The van der Waals surface area contributed by atoms with Crippen molar-refractivity contribution in [1.82, 2.24) is 4.57 Å². The smallest absolute Gasteiger partial charge is 0.298 e. The molecule has 0 saturated heterocycles. The predicted molar refractivity (Wildman–Crippen MR) is 133 cm³/mol. The number of aromatic nitrogens is 2. The predicted octanol–water partition coefficient (Wildman–Crippen LogP) is 5.98. The highest BCUT2D eigenvalue weighted by Crippen LogP contribution is 2.53. The molecule has 2 unspecified atom stereocenters. The summed E-state index contributed by atoms with van der Waals surface area (Å²) < 4.78 is 17.5. The third kappa shape index (κ3) is 2.51. The summed E-state index contributed by atoms with van der Waals surface area (Å²) >= 11 is 0. The number of nitrogens with zero attached hydrogens (tertiary/aromatic N) is 2. The first-order chi connectivity index (χ1) is 16.6. The molecule has 4 aromatic carbocycles. The van der Waals surface area contributed by atoms with Crippen LogP contribution in [-0.4, -0.2) is 10.9 Å². The van der Waals surface area contributed by atoms with E-state index in [1.54, 1.807) is 0 Å². The molecule has 1 aromatic heterocycles. The van der Waals surface area contributed by atoms with Gasteiger partial charge in [-0.15, -0.1) is 0 Å². The standard InChI is InChI=1S/C30H25N2O2/c1-18-10-4-6-12-22(18)32-24-14-8-7-13-23(24)31(3)29(32)26-19(2)16-17-21-27-20-11-5-9-15-25(20)33-30(27)34-28(21)26/h4-17,27,30H,1-3H3/q+1. The summed E-state index contributed by atoms with van der Waals surface area (Å²) in [6.07, 6.45) is -0.324. The Morgan fingerprint density at radius 2 is 1.50 bits per heavy atom. The monoisotopic (exact) mass is 445 g/mol. The zero-order chi connectivity index (χ0) is 23.0. The van der Waals surface area contributed by atoms with Crippen molar-refractivity contribution in [1.29, 1.82) is 0 Å². The molecule has 0 radical (unpaired) electrons. The van der Waals surface area contributed by atoms with Crippen LogP contribution in [0.2, 0.25) is 0 Å². The Kier molecular flexibility index (Phi) is 3.98. The Balaban J connectivity index is 1.55. The molecule has 0 amide bonds. The van der Waals surface area contributed by atoms with Gasteiger partial charge in [0.1, 0.15) is 22.7 Å². The molecule has 5 aromatic rings. The molecule has 4 nitrogen and oxygen atoms in total. The van der Waals surface area contributed by atoms with E-state index in [2.05, 4.69) is 103 Å². The molecule has 0 aliphatic carbocycles. The molecule has 2 atom stereocenters. The molecule has 0 saturated carbocycles. The third-order valence-corrected chi connectivity index (χ3v) is 7.33. The van der Waals surface area contributed by atoms with Crippen LogP contribution in [0.5, 0.6) is 11.5 Å². The minimum absolute atomic E-state index is 0.0899. The van der Waals surface area contributed by atoms with Gasteiger partial charge < -0.3 is 9.47 Å². The second-order valence-corrected chi connectivity index (χ2v) is 9.29. The van der Waals surface area contributed by atoms with E-state index in [1.165, 1.54) is 39.0 Å². The molecule has 0 fully saturated rings. The van der Waals surface area contributed by atoms with Gasteiger partial charge in [-0.2, -0.15) is 4.57 Å². The number of rotatable bonds is 2. The van der Waals surface area contributed by atoms with Crippen LogP contribution >= 0.6 is 0 Å². The molecule has 34 heavy (non-hydrogen) atoms. The Bertz CT molecular complexity index is 1610. The SMILES string of the molecule is Cc1ccccc1-n1c(-c2c(C)ccc3c2OC2Oc4ccccc4C32)[n+](C)c2ccccc21. The summed E-state index contributed by atoms with van der Waals surface area (Å²) in [6, 6.07) is 29.9. The molecule has 3 heterocycles. The molecule has 7 rings (SSSR count). The zero-order valence-corrected chi connectivity index (χ0v) is 19.4. The average Bonchev–Trinajstić information content (AvgIpc) is 3.48. The van der Waals surface area contributed by atoms with Crippen LogP contribution < -0.4 is 14.0 Å². The molecule has 2 aliphatic heterocycles. The zero-order valence-electron chi connectivity index (χ0n) is 19.4. The maximum atomic E-state index is 6.60. The number of hydrogen-bond donors (Lipinski definition) is 0. The lowest BCUT2D eigenvalue weighted by molar-refractivity contribution is -0.633. The number of benzene rings is 4. The van der Waals surface area contributed by atoms with E-state index in [9.17, 15) is 0 Å². The van der Waals surface area contributed by atoms with Gasteiger partial charge in [-0.05, 0) is 49.2 Å². The van der Waals surface area contributed by atoms with Crippen molar-refractivity contribution in [3.8, 4) is 28.6 Å².